The fourth-order valence-electron chi connectivity index (χ4n) is 2.55. The summed E-state index contributed by atoms with van der Waals surface area (Å²) in [5, 5.41) is 9.10. The van der Waals surface area contributed by atoms with Crippen molar-refractivity contribution >= 4 is 18.4 Å². The molecule has 0 spiro atoms. The van der Waals surface area contributed by atoms with Crippen LogP contribution in [0.1, 0.15) is 47.6 Å². The van der Waals surface area contributed by atoms with Gasteiger partial charge in [-0.1, -0.05) is 31.0 Å². The molecule has 0 aromatic heterocycles. The van der Waals surface area contributed by atoms with E-state index in [1.54, 1.807) is 12.1 Å². The topological polar surface area (TPSA) is 63.3 Å². The molecule has 0 amide bonds. The summed E-state index contributed by atoms with van der Waals surface area (Å²) in [6, 6.07) is 6.94. The van der Waals surface area contributed by atoms with E-state index in [0.717, 1.165) is 18.4 Å². The number of halogens is 1. The van der Waals surface area contributed by atoms with Crippen molar-refractivity contribution in [2.75, 3.05) is 0 Å². The van der Waals surface area contributed by atoms with Crippen LogP contribution in [0.2, 0.25) is 0 Å². The van der Waals surface area contributed by atoms with E-state index in [2.05, 4.69) is 0 Å². The Hall–Kier alpha value is -1.06. The summed E-state index contributed by atoms with van der Waals surface area (Å²) in [4.78, 5) is 11.1. The minimum absolute atomic E-state index is 0. The Morgan fingerprint density at radius 3 is 2.47 bits per heavy atom. The second-order valence-corrected chi connectivity index (χ2v) is 4.46. The van der Waals surface area contributed by atoms with Crippen LogP contribution < -0.4 is 5.73 Å². The highest BCUT2D eigenvalue weighted by Crippen LogP contribution is 2.35. The summed E-state index contributed by atoms with van der Waals surface area (Å²) < 4.78 is 0. The molecule has 1 aliphatic carbocycles. The summed E-state index contributed by atoms with van der Waals surface area (Å²) in [5.74, 6) is -0.440. The zero-order chi connectivity index (χ0) is 11.5. The molecule has 1 aromatic carbocycles. The molecule has 0 saturated heterocycles. The van der Waals surface area contributed by atoms with E-state index in [1.165, 1.54) is 12.8 Å². The number of nitrogens with two attached hydrogens (primary N) is 1. The van der Waals surface area contributed by atoms with Gasteiger partial charge in [-0.25, -0.2) is 4.79 Å². The van der Waals surface area contributed by atoms with E-state index in [1.807, 2.05) is 12.1 Å². The lowest BCUT2D eigenvalue weighted by Crippen LogP contribution is -2.21. The Morgan fingerprint density at radius 1 is 1.29 bits per heavy atom. The maximum atomic E-state index is 11.1. The normalized spacial score (nSPS) is 17.5. The molecule has 3 N–H and O–H groups in total. The van der Waals surface area contributed by atoms with Crippen molar-refractivity contribution in [1.29, 1.82) is 0 Å². The summed E-state index contributed by atoms with van der Waals surface area (Å²) in [6.07, 6.45) is 4.67. The van der Waals surface area contributed by atoms with Gasteiger partial charge in [0, 0.05) is 6.04 Å². The van der Waals surface area contributed by atoms with E-state index in [-0.39, 0.29) is 18.4 Å². The van der Waals surface area contributed by atoms with Crippen molar-refractivity contribution in [3.63, 3.8) is 0 Å². The third-order valence-electron chi connectivity index (χ3n) is 3.46. The first-order valence-corrected chi connectivity index (χ1v) is 5.78. The van der Waals surface area contributed by atoms with Crippen LogP contribution in [0.4, 0.5) is 0 Å². The second-order valence-electron chi connectivity index (χ2n) is 4.46. The molecule has 0 radical (unpaired) electrons. The van der Waals surface area contributed by atoms with Crippen LogP contribution in [-0.2, 0) is 0 Å². The van der Waals surface area contributed by atoms with Gasteiger partial charge in [0.2, 0.25) is 0 Å². The molecule has 2 rings (SSSR count). The molecular formula is C13H18ClNO2. The highest BCUT2D eigenvalue weighted by atomic mass is 35.5. The van der Waals surface area contributed by atoms with E-state index in [0.29, 0.717) is 11.5 Å². The quantitative estimate of drug-likeness (QED) is 0.873. The Morgan fingerprint density at radius 2 is 1.88 bits per heavy atom. The molecule has 1 fully saturated rings. The van der Waals surface area contributed by atoms with Crippen LogP contribution in [-0.4, -0.2) is 11.1 Å². The molecule has 1 saturated carbocycles. The monoisotopic (exact) mass is 255 g/mol. The fraction of sp³-hybridized carbons (Fsp3) is 0.462. The predicted octanol–water partition coefficient (Wildman–Crippen LogP) is 3.00. The van der Waals surface area contributed by atoms with Crippen LogP contribution in [0.25, 0.3) is 0 Å². The summed E-state index contributed by atoms with van der Waals surface area (Å²) in [6.45, 7) is 0. The smallest absolute Gasteiger partial charge is 0.336 e. The lowest BCUT2D eigenvalue weighted by molar-refractivity contribution is 0.0694. The first kappa shape index (κ1) is 14.0. The lowest BCUT2D eigenvalue weighted by Gasteiger charge is -2.20. The molecule has 4 heteroatoms. The van der Waals surface area contributed by atoms with Gasteiger partial charge in [0.25, 0.3) is 0 Å². The number of carbonyl (C=O) groups is 1. The van der Waals surface area contributed by atoms with Crippen LogP contribution in [0.5, 0.6) is 0 Å². The average molecular weight is 256 g/mol. The molecule has 3 nitrogen and oxygen atoms in total. The van der Waals surface area contributed by atoms with Crippen LogP contribution >= 0.6 is 12.4 Å². The van der Waals surface area contributed by atoms with Crippen molar-refractivity contribution in [2.45, 2.75) is 31.7 Å². The van der Waals surface area contributed by atoms with Crippen molar-refractivity contribution in [2.24, 2.45) is 11.7 Å². The molecule has 1 atom stereocenters. The van der Waals surface area contributed by atoms with Crippen LogP contribution in [0, 0.1) is 5.92 Å². The van der Waals surface area contributed by atoms with E-state index >= 15 is 0 Å². The second kappa shape index (κ2) is 6.03. The van der Waals surface area contributed by atoms with Gasteiger partial charge in [0.1, 0.15) is 0 Å². The van der Waals surface area contributed by atoms with Crippen molar-refractivity contribution in [1.82, 2.24) is 0 Å². The minimum atomic E-state index is -0.885. The van der Waals surface area contributed by atoms with E-state index in [4.69, 9.17) is 10.8 Å². The maximum absolute atomic E-state index is 11.1. The zero-order valence-corrected chi connectivity index (χ0v) is 10.5. The van der Waals surface area contributed by atoms with Gasteiger partial charge < -0.3 is 10.8 Å². The van der Waals surface area contributed by atoms with Gasteiger partial charge in [0.15, 0.2) is 0 Å². The Labute approximate surface area is 107 Å². The van der Waals surface area contributed by atoms with Gasteiger partial charge in [-0.15, -0.1) is 12.4 Å². The van der Waals surface area contributed by atoms with Crippen molar-refractivity contribution < 1.29 is 9.90 Å². The van der Waals surface area contributed by atoms with Gasteiger partial charge in [0.05, 0.1) is 5.56 Å². The first-order valence-electron chi connectivity index (χ1n) is 5.78. The number of hydrogen-bond donors (Lipinski definition) is 2. The summed E-state index contributed by atoms with van der Waals surface area (Å²) in [5.41, 5.74) is 7.30. The SMILES string of the molecule is Cl.N[C@H](c1ccccc1C(=O)O)C1CCCC1. The van der Waals surface area contributed by atoms with Crippen LogP contribution in [0.3, 0.4) is 0 Å². The average Bonchev–Trinajstić information content (AvgIpc) is 2.81. The molecule has 94 valence electrons. The third-order valence-corrected chi connectivity index (χ3v) is 3.46. The fourth-order valence-corrected chi connectivity index (χ4v) is 2.55. The summed E-state index contributed by atoms with van der Waals surface area (Å²) >= 11 is 0. The lowest BCUT2D eigenvalue weighted by atomic mass is 9.89. The highest BCUT2D eigenvalue weighted by molar-refractivity contribution is 5.89. The van der Waals surface area contributed by atoms with Gasteiger partial charge in [-0.3, -0.25) is 0 Å². The maximum Gasteiger partial charge on any atom is 0.336 e. The Kier molecular flexibility index (Phi) is 4.97. The Balaban J connectivity index is 0.00000144. The third kappa shape index (κ3) is 2.99. The van der Waals surface area contributed by atoms with Crippen LogP contribution in [0.15, 0.2) is 24.3 Å². The molecule has 0 aliphatic heterocycles. The zero-order valence-electron chi connectivity index (χ0n) is 9.63. The van der Waals surface area contributed by atoms with Gasteiger partial charge >= 0.3 is 5.97 Å². The predicted molar refractivity (Wildman–Crippen MR) is 69.5 cm³/mol. The van der Waals surface area contributed by atoms with Crippen molar-refractivity contribution in [3.05, 3.63) is 35.4 Å². The molecule has 0 unspecified atom stereocenters. The molecule has 0 bridgehead atoms. The van der Waals surface area contributed by atoms with Gasteiger partial charge in [-0.05, 0) is 30.4 Å². The number of rotatable bonds is 3. The minimum Gasteiger partial charge on any atom is -0.478 e. The number of carboxylic acids is 1. The standard InChI is InChI=1S/C13H17NO2.ClH/c14-12(9-5-1-2-6-9)10-7-3-4-8-11(10)13(15)16;/h3-4,7-9,12H,1-2,5-6,14H2,(H,15,16);1H/t12-;/m0./s1. The largest absolute Gasteiger partial charge is 0.478 e. The Bertz CT molecular complexity index is 389. The number of carboxylic acid groups (broad SMARTS) is 1. The molecule has 1 aliphatic rings. The number of benzene rings is 1. The molecular weight excluding hydrogens is 238 g/mol. The molecule has 1 aromatic rings. The van der Waals surface area contributed by atoms with E-state index in [9.17, 15) is 4.79 Å². The number of aromatic carboxylic acids is 1. The number of hydrogen-bond acceptors (Lipinski definition) is 2. The van der Waals surface area contributed by atoms with Gasteiger partial charge in [-0.2, -0.15) is 0 Å². The first-order chi connectivity index (χ1) is 7.70. The summed E-state index contributed by atoms with van der Waals surface area (Å²) in [7, 11) is 0. The molecule has 0 heterocycles. The molecule has 17 heavy (non-hydrogen) atoms. The van der Waals surface area contributed by atoms with Crippen molar-refractivity contribution in [3.8, 4) is 0 Å². The highest BCUT2D eigenvalue weighted by Gasteiger charge is 2.25. The van der Waals surface area contributed by atoms with E-state index < -0.39 is 5.97 Å².